The van der Waals surface area contributed by atoms with E-state index < -0.39 is 10.8 Å². The van der Waals surface area contributed by atoms with Crippen LogP contribution in [0.3, 0.4) is 0 Å². The van der Waals surface area contributed by atoms with Crippen molar-refractivity contribution in [2.75, 3.05) is 14.2 Å². The number of allylic oxidation sites excluding steroid dienone is 2. The zero-order valence-electron chi connectivity index (χ0n) is 27.0. The Morgan fingerprint density at radius 1 is 0.643 bits per heavy atom. The van der Waals surface area contributed by atoms with Gasteiger partial charge >= 0.3 is 0 Å². The fraction of sp³-hybridized carbons (Fsp3) is 0.500. The Morgan fingerprint density at radius 2 is 0.952 bits per heavy atom. The van der Waals surface area contributed by atoms with E-state index in [1.54, 1.807) is 14.2 Å². The second-order valence-corrected chi connectivity index (χ2v) is 14.1. The fourth-order valence-corrected chi connectivity index (χ4v) is 5.87. The van der Waals surface area contributed by atoms with Gasteiger partial charge in [0.15, 0.2) is 0 Å². The summed E-state index contributed by atoms with van der Waals surface area (Å²) in [6.45, 7) is 18.2. The van der Waals surface area contributed by atoms with Crippen molar-refractivity contribution >= 4 is 11.8 Å². The molecule has 0 aliphatic carbocycles. The average molecular weight is 573 g/mol. The molecule has 2 atom stereocenters. The van der Waals surface area contributed by atoms with Crippen LogP contribution in [0.2, 0.25) is 0 Å². The van der Waals surface area contributed by atoms with Crippen LogP contribution in [0.4, 0.5) is 0 Å². The van der Waals surface area contributed by atoms with E-state index in [0.717, 1.165) is 22.6 Å². The smallest absolute Gasteiger partial charge is 0.231 e. The Labute approximate surface area is 252 Å². The van der Waals surface area contributed by atoms with Crippen LogP contribution in [0.5, 0.6) is 11.5 Å². The average Bonchev–Trinajstić information content (AvgIpc) is 2.95. The fourth-order valence-electron chi connectivity index (χ4n) is 5.87. The third kappa shape index (κ3) is 5.73. The van der Waals surface area contributed by atoms with Gasteiger partial charge in [-0.2, -0.15) is 0 Å². The lowest BCUT2D eigenvalue weighted by Crippen LogP contribution is -2.65. The summed E-state index contributed by atoms with van der Waals surface area (Å²) in [5.41, 5.74) is 0.856. The second kappa shape index (κ2) is 11.3. The number of rotatable bonds is 11. The lowest BCUT2D eigenvalue weighted by Gasteiger charge is -2.53. The quantitative estimate of drug-likeness (QED) is 0.214. The Hall–Kier alpha value is -3.54. The standard InChI is InChI=1S/C36H48N2O4/c1-33(2,21-19-29-35(5,6)31(39)37(29)23-25-11-15-27(41-9)16-12-25)34(3,4)22-20-30-36(7,8)32(40)38(30)24-26-13-17-28(42-10)18-14-26/h11-22,29-30H,23-24H2,1-10H3/b21-19+,22-20+. The molecule has 0 aromatic heterocycles. The molecule has 42 heavy (non-hydrogen) atoms. The number of benzene rings is 2. The lowest BCUT2D eigenvalue weighted by molar-refractivity contribution is -0.165. The molecule has 2 aromatic carbocycles. The number of ether oxygens (including phenoxy) is 2. The van der Waals surface area contributed by atoms with Crippen LogP contribution in [-0.4, -0.2) is 47.9 Å². The topological polar surface area (TPSA) is 59.1 Å². The number of hydrogen-bond acceptors (Lipinski definition) is 4. The molecule has 0 bridgehead atoms. The van der Waals surface area contributed by atoms with E-state index in [1.165, 1.54) is 0 Å². The Balaban J connectivity index is 1.48. The van der Waals surface area contributed by atoms with Crippen LogP contribution in [-0.2, 0) is 22.7 Å². The third-order valence-electron chi connectivity index (χ3n) is 9.85. The van der Waals surface area contributed by atoms with Crippen LogP contribution in [0, 0.1) is 21.7 Å². The number of hydrogen-bond donors (Lipinski definition) is 0. The van der Waals surface area contributed by atoms with E-state index in [0.29, 0.717) is 13.1 Å². The number of carbonyl (C=O) groups excluding carboxylic acids is 2. The predicted molar refractivity (Wildman–Crippen MR) is 168 cm³/mol. The molecule has 2 aliphatic rings. The number of β-lactam (4-membered cyclic amide) rings is 2. The molecule has 0 saturated carbocycles. The minimum absolute atomic E-state index is 0.00864. The molecule has 2 aliphatic heterocycles. The van der Waals surface area contributed by atoms with Gasteiger partial charge < -0.3 is 19.3 Å². The van der Waals surface area contributed by atoms with Gasteiger partial charge in [0.2, 0.25) is 11.8 Å². The van der Waals surface area contributed by atoms with Gasteiger partial charge in [-0.3, -0.25) is 9.59 Å². The number of likely N-dealkylation sites (tertiary alicyclic amines) is 2. The van der Waals surface area contributed by atoms with Crippen molar-refractivity contribution in [2.24, 2.45) is 21.7 Å². The summed E-state index contributed by atoms with van der Waals surface area (Å²) >= 11 is 0. The molecule has 0 radical (unpaired) electrons. The van der Waals surface area contributed by atoms with Crippen molar-refractivity contribution in [2.45, 2.75) is 80.6 Å². The minimum atomic E-state index is -0.447. The van der Waals surface area contributed by atoms with Crippen LogP contribution < -0.4 is 9.47 Å². The first-order chi connectivity index (χ1) is 19.5. The summed E-state index contributed by atoms with van der Waals surface area (Å²) in [5.74, 6) is 1.94. The monoisotopic (exact) mass is 572 g/mol. The van der Waals surface area contributed by atoms with Gasteiger partial charge in [-0.1, -0.05) is 76.3 Å². The van der Waals surface area contributed by atoms with Crippen LogP contribution in [0.25, 0.3) is 0 Å². The molecule has 2 amide bonds. The second-order valence-electron chi connectivity index (χ2n) is 14.1. The molecular weight excluding hydrogens is 524 g/mol. The highest BCUT2D eigenvalue weighted by molar-refractivity contribution is 5.90. The van der Waals surface area contributed by atoms with Crippen molar-refractivity contribution in [1.82, 2.24) is 9.80 Å². The van der Waals surface area contributed by atoms with E-state index >= 15 is 0 Å². The van der Waals surface area contributed by atoms with Crippen LogP contribution >= 0.6 is 0 Å². The van der Waals surface area contributed by atoms with Gasteiger partial charge in [0.1, 0.15) is 11.5 Å². The maximum Gasteiger partial charge on any atom is 0.231 e. The summed E-state index contributed by atoms with van der Waals surface area (Å²) in [5, 5.41) is 0. The normalized spacial score (nSPS) is 22.0. The molecule has 6 heteroatoms. The predicted octanol–water partition coefficient (Wildman–Crippen LogP) is 7.04. The Morgan fingerprint density at radius 3 is 1.24 bits per heavy atom. The first kappa shape index (κ1) is 31.4. The molecule has 0 spiro atoms. The van der Waals surface area contributed by atoms with Crippen LogP contribution in [0.15, 0.2) is 72.8 Å². The van der Waals surface area contributed by atoms with Crippen molar-refractivity contribution < 1.29 is 19.1 Å². The molecule has 2 unspecified atom stereocenters. The first-order valence-electron chi connectivity index (χ1n) is 14.8. The maximum absolute atomic E-state index is 13.1. The molecule has 2 aromatic rings. The van der Waals surface area contributed by atoms with Gasteiger partial charge in [0.25, 0.3) is 0 Å². The number of amides is 2. The summed E-state index contributed by atoms with van der Waals surface area (Å²) in [6, 6.07) is 15.8. The summed E-state index contributed by atoms with van der Waals surface area (Å²) in [7, 11) is 3.31. The number of methoxy groups -OCH3 is 2. The first-order valence-corrected chi connectivity index (χ1v) is 14.8. The molecular formula is C36H48N2O4. The SMILES string of the molecule is COc1ccc(CN2C(=O)C(C)(C)C2/C=C/C(C)(C)C(C)(C)/C=C/C2N(Cc3ccc(OC)cc3)C(=O)C2(C)C)cc1. The molecule has 4 rings (SSSR count). The third-order valence-corrected chi connectivity index (χ3v) is 9.85. The Bertz CT molecular complexity index is 1240. The zero-order chi connectivity index (χ0) is 31.1. The number of nitrogens with zero attached hydrogens (tertiary/aromatic N) is 2. The summed E-state index contributed by atoms with van der Waals surface area (Å²) in [6.07, 6.45) is 8.97. The van der Waals surface area contributed by atoms with E-state index in [4.69, 9.17) is 9.47 Å². The van der Waals surface area contributed by atoms with E-state index in [1.807, 2.05) is 86.0 Å². The highest BCUT2D eigenvalue weighted by atomic mass is 16.5. The Kier molecular flexibility index (Phi) is 8.43. The maximum atomic E-state index is 13.1. The molecule has 2 heterocycles. The molecule has 226 valence electrons. The number of carbonyl (C=O) groups is 2. The van der Waals surface area contributed by atoms with Crippen molar-refractivity contribution in [3.8, 4) is 11.5 Å². The van der Waals surface area contributed by atoms with Crippen molar-refractivity contribution in [3.63, 3.8) is 0 Å². The van der Waals surface area contributed by atoms with Gasteiger partial charge in [-0.05, 0) is 73.9 Å². The lowest BCUT2D eigenvalue weighted by atomic mass is 9.65. The minimum Gasteiger partial charge on any atom is -0.497 e. The van der Waals surface area contributed by atoms with E-state index in [2.05, 4.69) is 52.0 Å². The van der Waals surface area contributed by atoms with E-state index in [9.17, 15) is 9.59 Å². The molecule has 2 fully saturated rings. The summed E-state index contributed by atoms with van der Waals surface area (Å²) < 4.78 is 10.6. The van der Waals surface area contributed by atoms with Gasteiger partial charge in [-0.25, -0.2) is 0 Å². The molecule has 6 nitrogen and oxygen atoms in total. The van der Waals surface area contributed by atoms with Gasteiger partial charge in [0.05, 0.1) is 37.1 Å². The van der Waals surface area contributed by atoms with E-state index in [-0.39, 0.29) is 34.7 Å². The van der Waals surface area contributed by atoms with Crippen molar-refractivity contribution in [1.29, 1.82) is 0 Å². The van der Waals surface area contributed by atoms with Crippen LogP contribution in [0.1, 0.15) is 66.5 Å². The summed E-state index contributed by atoms with van der Waals surface area (Å²) in [4.78, 5) is 30.0. The highest BCUT2D eigenvalue weighted by Crippen LogP contribution is 2.46. The van der Waals surface area contributed by atoms with Gasteiger partial charge in [-0.15, -0.1) is 0 Å². The molecule has 0 N–H and O–H groups in total. The van der Waals surface area contributed by atoms with Crippen molar-refractivity contribution in [3.05, 3.63) is 84.0 Å². The highest BCUT2D eigenvalue weighted by Gasteiger charge is 2.54. The largest absolute Gasteiger partial charge is 0.497 e. The molecule has 2 saturated heterocycles. The van der Waals surface area contributed by atoms with Gasteiger partial charge in [0, 0.05) is 13.1 Å². The zero-order valence-corrected chi connectivity index (χ0v) is 27.0.